The monoisotopic (exact) mass is 306 g/mol. The number of nitrogens with one attached hydrogen (secondary N) is 1. The zero-order valence-electron chi connectivity index (χ0n) is 13.5. The molecule has 2 aliphatic rings. The first-order valence-electron chi connectivity index (χ1n) is 8.08. The normalized spacial score (nSPS) is 22.5. The fourth-order valence-electron chi connectivity index (χ4n) is 3.10. The number of rotatable bonds is 7. The Kier molecular flexibility index (Phi) is 5.18. The summed E-state index contributed by atoms with van der Waals surface area (Å²) in [5.41, 5.74) is 1.11. The predicted octanol–water partition coefficient (Wildman–Crippen LogP) is 1.66. The summed E-state index contributed by atoms with van der Waals surface area (Å²) in [6.45, 7) is 4.61. The zero-order chi connectivity index (χ0) is 15.4. The molecule has 0 radical (unpaired) electrons. The first-order chi connectivity index (χ1) is 10.8. The van der Waals surface area contributed by atoms with Crippen LogP contribution in [0, 0.1) is 0 Å². The molecule has 1 aromatic rings. The number of ether oxygens (including phenoxy) is 3. The first kappa shape index (κ1) is 15.6. The summed E-state index contributed by atoms with van der Waals surface area (Å²) in [7, 11) is 3.34. The third kappa shape index (κ3) is 3.72. The van der Waals surface area contributed by atoms with Gasteiger partial charge in [-0.2, -0.15) is 0 Å². The molecular weight excluding hydrogens is 280 g/mol. The Balaban J connectivity index is 1.50. The molecular formula is C17H26N2O3. The van der Waals surface area contributed by atoms with E-state index in [1.165, 1.54) is 12.8 Å². The van der Waals surface area contributed by atoms with Gasteiger partial charge >= 0.3 is 0 Å². The minimum absolute atomic E-state index is 0.283. The third-order valence-electron chi connectivity index (χ3n) is 4.41. The SMILES string of the molecule is COc1cccc(CNC[C@@H]2CN(C3CC3)CCO2)c1OC. The third-order valence-corrected chi connectivity index (χ3v) is 4.41. The largest absolute Gasteiger partial charge is 0.493 e. The van der Waals surface area contributed by atoms with Crippen molar-refractivity contribution in [3.05, 3.63) is 23.8 Å². The van der Waals surface area contributed by atoms with Gasteiger partial charge in [-0.1, -0.05) is 12.1 Å². The van der Waals surface area contributed by atoms with Crippen molar-refractivity contribution >= 4 is 0 Å². The average Bonchev–Trinajstić information content (AvgIpc) is 3.40. The van der Waals surface area contributed by atoms with Gasteiger partial charge < -0.3 is 19.5 Å². The highest BCUT2D eigenvalue weighted by Crippen LogP contribution is 2.30. The van der Waals surface area contributed by atoms with E-state index in [2.05, 4.69) is 16.3 Å². The molecule has 0 bridgehead atoms. The van der Waals surface area contributed by atoms with Crippen molar-refractivity contribution in [2.45, 2.75) is 31.5 Å². The zero-order valence-corrected chi connectivity index (χ0v) is 13.5. The highest BCUT2D eigenvalue weighted by Gasteiger charge is 2.32. The number of para-hydroxylation sites is 1. The van der Waals surface area contributed by atoms with Gasteiger partial charge in [0.25, 0.3) is 0 Å². The molecule has 1 saturated heterocycles. The molecule has 3 rings (SSSR count). The van der Waals surface area contributed by atoms with Crippen LogP contribution in [0.25, 0.3) is 0 Å². The molecule has 122 valence electrons. The van der Waals surface area contributed by atoms with Crippen molar-refractivity contribution in [3.8, 4) is 11.5 Å². The second-order valence-corrected chi connectivity index (χ2v) is 6.00. The van der Waals surface area contributed by atoms with Crippen molar-refractivity contribution in [2.75, 3.05) is 40.5 Å². The van der Waals surface area contributed by atoms with Crippen molar-refractivity contribution in [1.82, 2.24) is 10.2 Å². The van der Waals surface area contributed by atoms with Gasteiger partial charge in [0.1, 0.15) is 0 Å². The molecule has 1 saturated carbocycles. The van der Waals surface area contributed by atoms with E-state index in [4.69, 9.17) is 14.2 Å². The Morgan fingerprint density at radius 1 is 1.27 bits per heavy atom. The second kappa shape index (κ2) is 7.31. The molecule has 1 heterocycles. The molecule has 0 unspecified atom stereocenters. The molecule has 0 amide bonds. The van der Waals surface area contributed by atoms with Gasteiger partial charge in [0.15, 0.2) is 11.5 Å². The molecule has 1 atom stereocenters. The maximum atomic E-state index is 5.87. The van der Waals surface area contributed by atoms with Gasteiger partial charge in [-0.25, -0.2) is 0 Å². The molecule has 1 aromatic carbocycles. The van der Waals surface area contributed by atoms with Gasteiger partial charge in [-0.3, -0.25) is 4.90 Å². The summed E-state index contributed by atoms with van der Waals surface area (Å²) >= 11 is 0. The topological polar surface area (TPSA) is 43.0 Å². The molecule has 0 spiro atoms. The average molecular weight is 306 g/mol. The van der Waals surface area contributed by atoms with E-state index < -0.39 is 0 Å². The fraction of sp³-hybridized carbons (Fsp3) is 0.647. The van der Waals surface area contributed by atoms with Crippen LogP contribution in [-0.4, -0.2) is 57.5 Å². The van der Waals surface area contributed by atoms with Crippen LogP contribution in [0.5, 0.6) is 11.5 Å². The minimum Gasteiger partial charge on any atom is -0.493 e. The van der Waals surface area contributed by atoms with Crippen LogP contribution < -0.4 is 14.8 Å². The van der Waals surface area contributed by atoms with Gasteiger partial charge in [0.05, 0.1) is 26.9 Å². The quantitative estimate of drug-likeness (QED) is 0.830. The van der Waals surface area contributed by atoms with Crippen LogP contribution in [0.3, 0.4) is 0 Å². The number of nitrogens with zero attached hydrogens (tertiary/aromatic N) is 1. The van der Waals surface area contributed by atoms with Crippen LogP contribution >= 0.6 is 0 Å². The lowest BCUT2D eigenvalue weighted by molar-refractivity contribution is -0.0301. The van der Waals surface area contributed by atoms with Crippen LogP contribution in [0.1, 0.15) is 18.4 Å². The maximum absolute atomic E-state index is 5.87. The fourth-order valence-corrected chi connectivity index (χ4v) is 3.10. The number of benzene rings is 1. The Labute approximate surface area is 132 Å². The molecule has 5 nitrogen and oxygen atoms in total. The number of hydrogen-bond acceptors (Lipinski definition) is 5. The number of methoxy groups -OCH3 is 2. The van der Waals surface area contributed by atoms with E-state index in [1.807, 2.05) is 12.1 Å². The summed E-state index contributed by atoms with van der Waals surface area (Å²) in [5.74, 6) is 1.58. The van der Waals surface area contributed by atoms with E-state index in [0.29, 0.717) is 0 Å². The molecule has 1 aliphatic carbocycles. The van der Waals surface area contributed by atoms with Gasteiger partial charge in [0, 0.05) is 37.8 Å². The highest BCUT2D eigenvalue weighted by molar-refractivity contribution is 5.46. The van der Waals surface area contributed by atoms with E-state index in [1.54, 1.807) is 14.2 Å². The van der Waals surface area contributed by atoms with Crippen LogP contribution in [0.15, 0.2) is 18.2 Å². The first-order valence-corrected chi connectivity index (χ1v) is 8.08. The van der Waals surface area contributed by atoms with E-state index >= 15 is 0 Å². The summed E-state index contributed by atoms with van der Waals surface area (Å²) in [6, 6.07) is 6.79. The summed E-state index contributed by atoms with van der Waals surface area (Å²) in [5, 5.41) is 3.49. The van der Waals surface area contributed by atoms with E-state index in [0.717, 1.165) is 55.9 Å². The smallest absolute Gasteiger partial charge is 0.165 e. The highest BCUT2D eigenvalue weighted by atomic mass is 16.5. The molecule has 2 fully saturated rings. The summed E-state index contributed by atoms with van der Waals surface area (Å²) < 4.78 is 16.7. The molecule has 1 N–H and O–H groups in total. The van der Waals surface area contributed by atoms with Crippen molar-refractivity contribution in [1.29, 1.82) is 0 Å². The Morgan fingerprint density at radius 3 is 2.86 bits per heavy atom. The molecule has 1 aliphatic heterocycles. The van der Waals surface area contributed by atoms with E-state index in [-0.39, 0.29) is 6.10 Å². The Hall–Kier alpha value is -1.30. The molecule has 5 heteroatoms. The van der Waals surface area contributed by atoms with Crippen LogP contribution in [-0.2, 0) is 11.3 Å². The number of morpholine rings is 1. The lowest BCUT2D eigenvalue weighted by atomic mass is 10.1. The van der Waals surface area contributed by atoms with Crippen molar-refractivity contribution < 1.29 is 14.2 Å². The lowest BCUT2D eigenvalue weighted by Gasteiger charge is -2.33. The van der Waals surface area contributed by atoms with Crippen LogP contribution in [0.2, 0.25) is 0 Å². The molecule has 22 heavy (non-hydrogen) atoms. The van der Waals surface area contributed by atoms with E-state index in [9.17, 15) is 0 Å². The Bertz CT molecular complexity index is 491. The van der Waals surface area contributed by atoms with Crippen molar-refractivity contribution in [2.24, 2.45) is 0 Å². The predicted molar refractivity (Wildman–Crippen MR) is 85.6 cm³/mol. The second-order valence-electron chi connectivity index (χ2n) is 6.00. The van der Waals surface area contributed by atoms with Gasteiger partial charge in [-0.05, 0) is 18.9 Å². The van der Waals surface area contributed by atoms with Gasteiger partial charge in [0.2, 0.25) is 0 Å². The minimum atomic E-state index is 0.283. The maximum Gasteiger partial charge on any atom is 0.165 e. The lowest BCUT2D eigenvalue weighted by Crippen LogP contribution is -2.47. The van der Waals surface area contributed by atoms with Gasteiger partial charge in [-0.15, -0.1) is 0 Å². The molecule has 0 aromatic heterocycles. The van der Waals surface area contributed by atoms with Crippen LogP contribution in [0.4, 0.5) is 0 Å². The Morgan fingerprint density at radius 2 is 2.14 bits per heavy atom. The number of hydrogen-bond donors (Lipinski definition) is 1. The summed E-state index contributed by atoms with van der Waals surface area (Å²) in [6.07, 6.45) is 3.01. The summed E-state index contributed by atoms with van der Waals surface area (Å²) in [4.78, 5) is 2.57. The van der Waals surface area contributed by atoms with Crippen molar-refractivity contribution in [3.63, 3.8) is 0 Å². The standard InChI is InChI=1S/C17H26N2O3/c1-20-16-5-3-4-13(17(16)21-2)10-18-11-15-12-19(8-9-22-15)14-6-7-14/h3-5,14-15,18H,6-12H2,1-2H3/t15-/m1/s1.